The summed E-state index contributed by atoms with van der Waals surface area (Å²) in [7, 11) is 5.99. The first-order chi connectivity index (χ1) is 13.5. The van der Waals surface area contributed by atoms with Crippen LogP contribution in [0.5, 0.6) is 11.6 Å². The number of nitrogens with zero attached hydrogens (tertiary/aromatic N) is 2. The van der Waals surface area contributed by atoms with Gasteiger partial charge < -0.3 is 15.4 Å². The number of hydrogen-bond acceptors (Lipinski definition) is 5. The van der Waals surface area contributed by atoms with Crippen LogP contribution in [0.1, 0.15) is 12.5 Å². The van der Waals surface area contributed by atoms with E-state index in [1.165, 1.54) is 6.33 Å². The van der Waals surface area contributed by atoms with Crippen molar-refractivity contribution in [2.75, 3.05) is 10.6 Å². The largest absolute Gasteiger partial charge is 0.439 e. The average molecular weight is 368 g/mol. The van der Waals surface area contributed by atoms with Crippen molar-refractivity contribution in [2.45, 2.75) is 13.3 Å². The van der Waals surface area contributed by atoms with Crippen LogP contribution in [0.4, 0.5) is 11.5 Å². The monoisotopic (exact) mass is 368 g/mol. The van der Waals surface area contributed by atoms with Crippen molar-refractivity contribution in [3.8, 4) is 11.6 Å². The first kappa shape index (κ1) is 19.2. The highest BCUT2D eigenvalue weighted by Crippen LogP contribution is 2.23. The predicted octanol–water partition coefficient (Wildman–Crippen LogP) is 4.18. The maximum atomic E-state index is 5.99. The van der Waals surface area contributed by atoms with Crippen molar-refractivity contribution in [3.05, 3.63) is 91.0 Å². The van der Waals surface area contributed by atoms with E-state index in [-0.39, 0.29) is 0 Å². The van der Waals surface area contributed by atoms with Crippen LogP contribution < -0.4 is 20.8 Å². The molecule has 1 aromatic heterocycles. The molecule has 0 atom stereocenters. The standard InChI is InChI=1S/C22H21BN4O/c1-15(2)26-21-13-22(25-14-24-21)28-19-10-8-18(9-11-19)27-16(3)12-17-6-4-5-7-20(17)23/h4-11,13-14,27H,1,3,12H2,2H3,(H,24,25,26). The van der Waals surface area contributed by atoms with E-state index in [2.05, 4.69) is 33.8 Å². The van der Waals surface area contributed by atoms with E-state index in [9.17, 15) is 0 Å². The highest BCUT2D eigenvalue weighted by molar-refractivity contribution is 6.33. The minimum Gasteiger partial charge on any atom is -0.439 e. The molecule has 5 nitrogen and oxygen atoms in total. The molecule has 0 aliphatic heterocycles. The van der Waals surface area contributed by atoms with Gasteiger partial charge >= 0.3 is 0 Å². The van der Waals surface area contributed by atoms with Gasteiger partial charge in [0.15, 0.2) is 0 Å². The van der Waals surface area contributed by atoms with Crippen LogP contribution in [-0.4, -0.2) is 17.8 Å². The Kier molecular flexibility index (Phi) is 6.12. The van der Waals surface area contributed by atoms with Gasteiger partial charge in [-0.1, -0.05) is 42.9 Å². The second-order valence-electron chi connectivity index (χ2n) is 6.38. The van der Waals surface area contributed by atoms with Gasteiger partial charge in [0.1, 0.15) is 25.7 Å². The molecule has 3 rings (SSSR count). The Morgan fingerprint density at radius 2 is 1.79 bits per heavy atom. The Morgan fingerprint density at radius 1 is 1.04 bits per heavy atom. The number of anilines is 2. The fourth-order valence-corrected chi connectivity index (χ4v) is 2.58. The number of nitrogens with one attached hydrogen (secondary N) is 2. The van der Waals surface area contributed by atoms with Gasteiger partial charge in [-0.25, -0.2) is 9.97 Å². The third kappa shape index (κ3) is 5.48. The van der Waals surface area contributed by atoms with Gasteiger partial charge in [0, 0.05) is 29.6 Å². The van der Waals surface area contributed by atoms with Gasteiger partial charge in [-0.15, -0.1) is 0 Å². The number of aromatic nitrogens is 2. The predicted molar refractivity (Wildman–Crippen MR) is 115 cm³/mol. The molecule has 0 bridgehead atoms. The normalized spacial score (nSPS) is 10.2. The molecular formula is C22H21BN4O. The van der Waals surface area contributed by atoms with Crippen molar-refractivity contribution in [1.82, 2.24) is 9.97 Å². The van der Waals surface area contributed by atoms with Gasteiger partial charge in [-0.2, -0.15) is 0 Å². The topological polar surface area (TPSA) is 59.1 Å². The molecule has 0 amide bonds. The third-order valence-corrected chi connectivity index (χ3v) is 3.84. The van der Waals surface area contributed by atoms with Gasteiger partial charge in [0.25, 0.3) is 0 Å². The molecule has 2 radical (unpaired) electrons. The van der Waals surface area contributed by atoms with Crippen LogP contribution in [0.3, 0.4) is 0 Å². The van der Waals surface area contributed by atoms with Gasteiger partial charge in [0.05, 0.1) is 0 Å². The molecule has 138 valence electrons. The van der Waals surface area contributed by atoms with Crippen LogP contribution >= 0.6 is 0 Å². The van der Waals surface area contributed by atoms with Crippen molar-refractivity contribution in [3.63, 3.8) is 0 Å². The Morgan fingerprint density at radius 3 is 2.50 bits per heavy atom. The van der Waals surface area contributed by atoms with Gasteiger partial charge in [-0.3, -0.25) is 0 Å². The zero-order chi connectivity index (χ0) is 19.9. The van der Waals surface area contributed by atoms with E-state index in [0.717, 1.165) is 28.1 Å². The molecule has 2 N–H and O–H groups in total. The van der Waals surface area contributed by atoms with Crippen molar-refractivity contribution in [2.24, 2.45) is 0 Å². The van der Waals surface area contributed by atoms with Crippen LogP contribution in [0.2, 0.25) is 0 Å². The van der Waals surface area contributed by atoms with Gasteiger partial charge in [0.2, 0.25) is 5.88 Å². The third-order valence-electron chi connectivity index (χ3n) is 3.84. The molecule has 0 saturated heterocycles. The molecular weight excluding hydrogens is 347 g/mol. The van der Waals surface area contributed by atoms with Crippen LogP contribution in [0.25, 0.3) is 0 Å². The Balaban J connectivity index is 1.60. The van der Waals surface area contributed by atoms with E-state index < -0.39 is 0 Å². The maximum Gasteiger partial charge on any atom is 0.224 e. The Labute approximate surface area is 166 Å². The second kappa shape index (κ2) is 8.91. The summed E-state index contributed by atoms with van der Waals surface area (Å²) in [6.45, 7) is 9.73. The average Bonchev–Trinajstić information content (AvgIpc) is 2.65. The van der Waals surface area contributed by atoms with E-state index in [1.807, 2.05) is 55.5 Å². The van der Waals surface area contributed by atoms with Crippen LogP contribution in [0, 0.1) is 0 Å². The lowest BCUT2D eigenvalue weighted by Crippen LogP contribution is -2.12. The molecule has 0 unspecified atom stereocenters. The lowest BCUT2D eigenvalue weighted by atomic mass is 9.89. The number of ether oxygens (including phenoxy) is 1. The minimum atomic E-state index is 0.448. The first-order valence-electron chi connectivity index (χ1n) is 8.80. The lowest BCUT2D eigenvalue weighted by molar-refractivity contribution is 0.462. The molecule has 0 saturated carbocycles. The Hall–Kier alpha value is -3.54. The number of allylic oxidation sites excluding steroid dienone is 2. The molecule has 0 spiro atoms. The summed E-state index contributed by atoms with van der Waals surface area (Å²) in [6, 6.07) is 17.1. The van der Waals surface area contributed by atoms with E-state index in [1.54, 1.807) is 6.07 Å². The minimum absolute atomic E-state index is 0.448. The summed E-state index contributed by atoms with van der Waals surface area (Å²) >= 11 is 0. The molecule has 0 aliphatic carbocycles. The molecule has 0 fully saturated rings. The lowest BCUT2D eigenvalue weighted by Gasteiger charge is -2.12. The summed E-state index contributed by atoms with van der Waals surface area (Å²) < 4.78 is 5.78. The summed E-state index contributed by atoms with van der Waals surface area (Å²) in [5, 5.41) is 6.32. The molecule has 0 aliphatic rings. The van der Waals surface area contributed by atoms with Crippen molar-refractivity contribution in [1.29, 1.82) is 0 Å². The summed E-state index contributed by atoms with van der Waals surface area (Å²) in [5.41, 5.74) is 4.37. The number of rotatable bonds is 8. The molecule has 28 heavy (non-hydrogen) atoms. The van der Waals surface area contributed by atoms with Crippen LogP contribution in [0.15, 0.2) is 85.5 Å². The first-order valence-corrected chi connectivity index (χ1v) is 8.80. The quantitative estimate of drug-likeness (QED) is 0.585. The fourth-order valence-electron chi connectivity index (χ4n) is 2.58. The zero-order valence-corrected chi connectivity index (χ0v) is 15.8. The molecule has 6 heteroatoms. The number of hydrogen-bond donors (Lipinski definition) is 2. The molecule has 1 heterocycles. The summed E-state index contributed by atoms with van der Waals surface area (Å²) in [4.78, 5) is 8.24. The second-order valence-corrected chi connectivity index (χ2v) is 6.38. The van der Waals surface area contributed by atoms with E-state index in [0.29, 0.717) is 23.9 Å². The summed E-state index contributed by atoms with van der Waals surface area (Å²) in [6.07, 6.45) is 2.10. The zero-order valence-electron chi connectivity index (χ0n) is 15.8. The highest BCUT2D eigenvalue weighted by atomic mass is 16.5. The molecule has 2 aromatic carbocycles. The fraction of sp³-hybridized carbons (Fsp3) is 0.0909. The van der Waals surface area contributed by atoms with Crippen molar-refractivity contribution < 1.29 is 4.74 Å². The van der Waals surface area contributed by atoms with Gasteiger partial charge in [-0.05, 0) is 36.8 Å². The smallest absolute Gasteiger partial charge is 0.224 e. The highest BCUT2D eigenvalue weighted by Gasteiger charge is 2.04. The van der Waals surface area contributed by atoms with Crippen molar-refractivity contribution >= 4 is 24.8 Å². The SMILES string of the molecule is [B]c1ccccc1CC(=C)Nc1ccc(Oc2cc(NC(=C)C)ncn2)cc1. The number of benzene rings is 2. The molecule has 3 aromatic rings. The maximum absolute atomic E-state index is 5.99. The van der Waals surface area contributed by atoms with E-state index >= 15 is 0 Å². The Bertz CT molecular complexity index is 986. The van der Waals surface area contributed by atoms with E-state index in [4.69, 9.17) is 12.6 Å². The van der Waals surface area contributed by atoms with Crippen LogP contribution in [-0.2, 0) is 6.42 Å². The summed E-state index contributed by atoms with van der Waals surface area (Å²) in [5.74, 6) is 1.75.